The fraction of sp³-hybridized carbons (Fsp3) is 0.548. The standard InChI is InChI=1S/C31H41N3O8/c1-7-33-12-14-34(15-13-33)17-20-16-24(35)40-26-19(3)23(11-9-21(20)26)39-30-25(36)27(28(38-6)31(4,5)42-30)41-29(37)22-10-8-18(2)32-22/h8-11,16,25,27-28,30,32,36H,7,12-15,17H2,1-6H3/t25-,27+,28-,30-/m1/s1. The van der Waals surface area contributed by atoms with E-state index in [4.69, 9.17) is 23.4 Å². The quantitative estimate of drug-likeness (QED) is 0.302. The maximum atomic E-state index is 12.9. The number of ether oxygens (including phenoxy) is 4. The van der Waals surface area contributed by atoms with Gasteiger partial charge in [-0.25, -0.2) is 9.59 Å². The summed E-state index contributed by atoms with van der Waals surface area (Å²) < 4.78 is 29.4. The number of piperazine rings is 1. The summed E-state index contributed by atoms with van der Waals surface area (Å²) in [6.45, 7) is 14.9. The van der Waals surface area contributed by atoms with Gasteiger partial charge < -0.3 is 38.4 Å². The number of carbonyl (C=O) groups excluding carboxylic acids is 1. The zero-order valence-electron chi connectivity index (χ0n) is 25.1. The van der Waals surface area contributed by atoms with Crippen LogP contribution in [0.2, 0.25) is 0 Å². The molecule has 1 aromatic carbocycles. The van der Waals surface area contributed by atoms with E-state index in [2.05, 4.69) is 21.7 Å². The van der Waals surface area contributed by atoms with Gasteiger partial charge in [-0.3, -0.25) is 4.90 Å². The van der Waals surface area contributed by atoms with E-state index in [1.165, 1.54) is 7.11 Å². The van der Waals surface area contributed by atoms with Crippen molar-refractivity contribution in [3.63, 3.8) is 0 Å². The molecule has 42 heavy (non-hydrogen) atoms. The SMILES string of the molecule is CCN1CCN(Cc2cc(=O)oc3c(C)c(O[C@@H]4OC(C)(C)[C@H](OC)[C@@H](OC(=O)c5ccc(C)[nH]5)[C@H]4O)ccc23)CC1. The van der Waals surface area contributed by atoms with E-state index < -0.39 is 41.8 Å². The number of nitrogens with one attached hydrogen (secondary N) is 1. The number of nitrogens with zero attached hydrogens (tertiary/aromatic N) is 2. The van der Waals surface area contributed by atoms with E-state index in [9.17, 15) is 14.7 Å². The highest BCUT2D eigenvalue weighted by Crippen LogP contribution is 2.36. The van der Waals surface area contributed by atoms with Gasteiger partial charge in [-0.1, -0.05) is 6.92 Å². The molecule has 2 saturated heterocycles. The first-order valence-electron chi connectivity index (χ1n) is 14.4. The molecule has 11 nitrogen and oxygen atoms in total. The highest BCUT2D eigenvalue weighted by Gasteiger charge is 2.53. The number of likely N-dealkylation sites (N-methyl/N-ethyl adjacent to an activating group) is 1. The van der Waals surface area contributed by atoms with Crippen molar-refractivity contribution < 1.29 is 33.3 Å². The lowest BCUT2D eigenvalue weighted by Crippen LogP contribution is -2.65. The van der Waals surface area contributed by atoms with Gasteiger partial charge in [-0.2, -0.15) is 0 Å². The molecule has 4 atom stereocenters. The highest BCUT2D eigenvalue weighted by molar-refractivity contribution is 5.87. The first-order valence-corrected chi connectivity index (χ1v) is 14.4. The van der Waals surface area contributed by atoms with Gasteiger partial charge in [0.1, 0.15) is 23.1 Å². The highest BCUT2D eigenvalue weighted by atomic mass is 16.7. The number of carbonyl (C=O) groups is 1. The Bertz CT molecular complexity index is 1470. The normalized spacial score (nSPS) is 25.0. The predicted molar refractivity (Wildman–Crippen MR) is 156 cm³/mol. The number of fused-ring (bicyclic) bond motifs is 1. The van der Waals surface area contributed by atoms with Crippen LogP contribution in [-0.4, -0.2) is 95.9 Å². The molecule has 5 rings (SSSR count). The second-order valence-corrected chi connectivity index (χ2v) is 11.6. The van der Waals surface area contributed by atoms with Gasteiger partial charge in [0.15, 0.2) is 12.2 Å². The fourth-order valence-electron chi connectivity index (χ4n) is 5.92. The maximum Gasteiger partial charge on any atom is 0.355 e. The smallest absolute Gasteiger partial charge is 0.355 e. The second-order valence-electron chi connectivity index (χ2n) is 11.6. The van der Waals surface area contributed by atoms with Crippen LogP contribution in [0.25, 0.3) is 11.0 Å². The van der Waals surface area contributed by atoms with Gasteiger partial charge >= 0.3 is 11.6 Å². The van der Waals surface area contributed by atoms with E-state index >= 15 is 0 Å². The number of aromatic amines is 1. The first kappa shape index (κ1) is 30.2. The fourth-order valence-corrected chi connectivity index (χ4v) is 5.92. The van der Waals surface area contributed by atoms with Crippen molar-refractivity contribution in [2.75, 3.05) is 39.8 Å². The van der Waals surface area contributed by atoms with E-state index in [1.54, 1.807) is 45.0 Å². The lowest BCUT2D eigenvalue weighted by molar-refractivity contribution is -0.305. The minimum absolute atomic E-state index is 0.264. The molecule has 2 N–H and O–H groups in total. The summed E-state index contributed by atoms with van der Waals surface area (Å²) in [6, 6.07) is 8.59. The van der Waals surface area contributed by atoms with Crippen LogP contribution in [0.4, 0.5) is 0 Å². The lowest BCUT2D eigenvalue weighted by atomic mass is 9.89. The second kappa shape index (κ2) is 12.2. The van der Waals surface area contributed by atoms with E-state index in [-0.39, 0.29) is 5.69 Å². The zero-order chi connectivity index (χ0) is 30.2. The minimum Gasteiger partial charge on any atom is -0.462 e. The summed E-state index contributed by atoms with van der Waals surface area (Å²) in [7, 11) is 1.47. The number of H-pyrrole nitrogens is 1. The third-order valence-electron chi connectivity index (χ3n) is 8.31. The molecule has 3 aromatic rings. The predicted octanol–water partition coefficient (Wildman–Crippen LogP) is 2.99. The number of benzene rings is 1. The monoisotopic (exact) mass is 583 g/mol. The number of methoxy groups -OCH3 is 1. The lowest BCUT2D eigenvalue weighted by Gasteiger charge is -2.47. The molecule has 4 heterocycles. The Morgan fingerprint density at radius 3 is 2.48 bits per heavy atom. The molecule has 2 aliphatic heterocycles. The number of aromatic nitrogens is 1. The van der Waals surface area contributed by atoms with Crippen LogP contribution < -0.4 is 10.4 Å². The van der Waals surface area contributed by atoms with Crippen LogP contribution in [0.1, 0.15) is 48.1 Å². The largest absolute Gasteiger partial charge is 0.462 e. The van der Waals surface area contributed by atoms with Crippen molar-refractivity contribution in [2.24, 2.45) is 0 Å². The number of aliphatic hydroxyl groups excluding tert-OH is 1. The van der Waals surface area contributed by atoms with Gasteiger partial charge in [-0.15, -0.1) is 0 Å². The molecule has 0 radical (unpaired) electrons. The number of hydrogen-bond acceptors (Lipinski definition) is 10. The van der Waals surface area contributed by atoms with Gasteiger partial charge in [-0.05, 0) is 64.1 Å². The van der Waals surface area contributed by atoms with E-state index in [1.807, 2.05) is 13.0 Å². The Labute approximate surface area is 245 Å². The maximum absolute atomic E-state index is 12.9. The van der Waals surface area contributed by atoms with Crippen LogP contribution in [0, 0.1) is 13.8 Å². The average Bonchev–Trinajstić information content (AvgIpc) is 3.39. The number of aliphatic hydroxyl groups is 1. The topological polar surface area (TPSA) is 127 Å². The summed E-state index contributed by atoms with van der Waals surface area (Å²) >= 11 is 0. The van der Waals surface area contributed by atoms with Crippen molar-refractivity contribution >= 4 is 16.9 Å². The van der Waals surface area contributed by atoms with Crippen LogP contribution in [0.3, 0.4) is 0 Å². The number of aryl methyl sites for hydroxylation is 2. The van der Waals surface area contributed by atoms with Gasteiger partial charge in [0.05, 0.1) is 5.60 Å². The van der Waals surface area contributed by atoms with Crippen molar-refractivity contribution in [3.8, 4) is 5.75 Å². The zero-order valence-corrected chi connectivity index (χ0v) is 25.1. The van der Waals surface area contributed by atoms with Crippen molar-refractivity contribution in [2.45, 2.75) is 71.4 Å². The van der Waals surface area contributed by atoms with Crippen molar-refractivity contribution in [3.05, 3.63) is 63.3 Å². The van der Waals surface area contributed by atoms with Crippen LogP contribution >= 0.6 is 0 Å². The Morgan fingerprint density at radius 2 is 1.83 bits per heavy atom. The van der Waals surface area contributed by atoms with Crippen molar-refractivity contribution in [1.82, 2.24) is 14.8 Å². The summed E-state index contributed by atoms with van der Waals surface area (Å²) in [5.41, 5.74) is 1.56. The first-order chi connectivity index (χ1) is 20.0. The summed E-state index contributed by atoms with van der Waals surface area (Å²) in [6.07, 6.45) is -4.43. The number of esters is 1. The van der Waals surface area contributed by atoms with Gasteiger partial charge in [0.2, 0.25) is 6.29 Å². The molecular formula is C31H41N3O8. The molecule has 2 aromatic heterocycles. The molecule has 0 spiro atoms. The van der Waals surface area contributed by atoms with Gasteiger partial charge in [0.25, 0.3) is 0 Å². The molecule has 0 bridgehead atoms. The van der Waals surface area contributed by atoms with Crippen LogP contribution in [0.15, 0.2) is 39.5 Å². The third kappa shape index (κ3) is 6.11. The molecule has 0 saturated carbocycles. The Balaban J connectivity index is 1.39. The van der Waals surface area contributed by atoms with E-state index in [0.717, 1.165) is 49.4 Å². The molecular weight excluding hydrogens is 542 g/mol. The Kier molecular flexibility index (Phi) is 8.77. The molecule has 2 fully saturated rings. The molecule has 0 amide bonds. The molecule has 228 valence electrons. The number of hydrogen-bond donors (Lipinski definition) is 2. The third-order valence-corrected chi connectivity index (χ3v) is 8.31. The number of rotatable bonds is 8. The summed E-state index contributed by atoms with van der Waals surface area (Å²) in [4.78, 5) is 33.2. The van der Waals surface area contributed by atoms with Crippen LogP contribution in [0.5, 0.6) is 5.75 Å². The van der Waals surface area contributed by atoms with E-state index in [0.29, 0.717) is 23.4 Å². The van der Waals surface area contributed by atoms with Crippen LogP contribution in [-0.2, 0) is 20.8 Å². The average molecular weight is 584 g/mol. The molecule has 2 aliphatic rings. The Hall–Kier alpha value is -3.22. The molecule has 0 unspecified atom stereocenters. The summed E-state index contributed by atoms with van der Waals surface area (Å²) in [5, 5.41) is 12.2. The van der Waals surface area contributed by atoms with Gasteiger partial charge in [0, 0.05) is 62.5 Å². The molecule has 0 aliphatic carbocycles. The summed E-state index contributed by atoms with van der Waals surface area (Å²) in [5.74, 6) is -0.252. The Morgan fingerprint density at radius 1 is 1.12 bits per heavy atom. The minimum atomic E-state index is -1.38. The molecule has 11 heteroatoms. The van der Waals surface area contributed by atoms with Crippen molar-refractivity contribution in [1.29, 1.82) is 0 Å².